The van der Waals surface area contributed by atoms with Crippen molar-refractivity contribution in [2.75, 3.05) is 27.3 Å². The topological polar surface area (TPSA) is 186 Å². The molecular weight excluding hydrogens is 580 g/mol. The lowest BCUT2D eigenvalue weighted by Crippen LogP contribution is -2.54. The van der Waals surface area contributed by atoms with E-state index in [0.717, 1.165) is 0 Å². The molecule has 0 aromatic carbocycles. The van der Waals surface area contributed by atoms with Crippen LogP contribution in [0.25, 0.3) is 10.6 Å². The van der Waals surface area contributed by atoms with E-state index in [9.17, 15) is 28.8 Å². The Hall–Kier alpha value is -4.10. The van der Waals surface area contributed by atoms with Gasteiger partial charge in [0.2, 0.25) is 0 Å². The summed E-state index contributed by atoms with van der Waals surface area (Å²) in [5.41, 5.74) is 1.12. The van der Waals surface area contributed by atoms with Gasteiger partial charge in [0.25, 0.3) is 0 Å². The normalized spacial score (nSPS) is 13.0. The van der Waals surface area contributed by atoms with Crippen molar-refractivity contribution in [3.63, 3.8) is 0 Å². The summed E-state index contributed by atoms with van der Waals surface area (Å²) in [6, 6.07) is 0. The van der Waals surface area contributed by atoms with Crippen LogP contribution in [0.2, 0.25) is 0 Å². The van der Waals surface area contributed by atoms with Crippen molar-refractivity contribution in [1.82, 2.24) is 0 Å². The molecule has 0 bridgehead atoms. The molecule has 0 amide bonds. The third kappa shape index (κ3) is 13.5. The summed E-state index contributed by atoms with van der Waals surface area (Å²) in [4.78, 5) is 75.8. The first-order valence-corrected chi connectivity index (χ1v) is 14.4. The standard InChI is InChI=1S/C30H46N2O12/c1-11-21(33)41-19(15-39-29(37)25(31-9)17(5)6)27(43-23(35)13-3)28(44-24(36)14-4)20(42-22(34)12-2)16-40-30(38)26(32-10)18(7)8/h19-20,27-28H,11-16H2,1-10H3/q-2/t19-,20-,27-,28-/m1/s1. The minimum atomic E-state index is -1.68. The molecule has 4 atom stereocenters. The number of allylic oxidation sites excluding steroid dienone is 2. The average molecular weight is 627 g/mol. The predicted octanol–water partition coefficient (Wildman–Crippen LogP) is 3.95. The van der Waals surface area contributed by atoms with Gasteiger partial charge in [0.05, 0.1) is 0 Å². The van der Waals surface area contributed by atoms with Crippen molar-refractivity contribution >= 4 is 35.8 Å². The van der Waals surface area contributed by atoms with Crippen LogP contribution < -0.4 is 0 Å². The Balaban J connectivity index is 7.01. The molecule has 0 spiro atoms. The third-order valence-corrected chi connectivity index (χ3v) is 5.85. The molecule has 0 aliphatic heterocycles. The van der Waals surface area contributed by atoms with E-state index < -0.39 is 73.4 Å². The van der Waals surface area contributed by atoms with Crippen molar-refractivity contribution in [3.05, 3.63) is 33.2 Å². The summed E-state index contributed by atoms with van der Waals surface area (Å²) in [5.74, 6) is -4.85. The first-order valence-electron chi connectivity index (χ1n) is 14.4. The molecule has 0 N–H and O–H groups in total. The van der Waals surface area contributed by atoms with Gasteiger partial charge in [0.1, 0.15) is 13.2 Å². The van der Waals surface area contributed by atoms with Crippen molar-refractivity contribution in [2.45, 2.75) is 105 Å². The molecule has 44 heavy (non-hydrogen) atoms. The molecule has 0 saturated carbocycles. The van der Waals surface area contributed by atoms with E-state index in [-0.39, 0.29) is 37.1 Å². The maximum atomic E-state index is 12.8. The number of ether oxygens (including phenoxy) is 6. The maximum Gasteiger partial charge on any atom is 0.315 e. The number of nitrogens with zero attached hydrogens (tertiary/aromatic N) is 2. The Bertz CT molecular complexity index is 990. The van der Waals surface area contributed by atoms with E-state index in [1.165, 1.54) is 41.8 Å². The zero-order chi connectivity index (χ0) is 34.0. The largest absolute Gasteiger partial charge is 0.681 e. The van der Waals surface area contributed by atoms with Crippen molar-refractivity contribution in [2.24, 2.45) is 0 Å². The second-order valence-corrected chi connectivity index (χ2v) is 9.72. The Labute approximate surface area is 259 Å². The van der Waals surface area contributed by atoms with Gasteiger partial charge in [-0.1, -0.05) is 50.2 Å². The van der Waals surface area contributed by atoms with Crippen LogP contribution in [-0.2, 0) is 57.2 Å². The van der Waals surface area contributed by atoms with E-state index in [1.54, 1.807) is 27.7 Å². The summed E-state index contributed by atoms with van der Waals surface area (Å²) in [5, 5.41) is 7.81. The fraction of sp³-hybridized carbons (Fsp3) is 0.667. The van der Waals surface area contributed by atoms with Gasteiger partial charge in [-0.25, -0.2) is 9.59 Å². The Morgan fingerprint density at radius 2 is 0.773 bits per heavy atom. The van der Waals surface area contributed by atoms with Crippen LogP contribution in [0.5, 0.6) is 0 Å². The molecule has 0 aromatic heterocycles. The fourth-order valence-corrected chi connectivity index (χ4v) is 3.57. The van der Waals surface area contributed by atoms with Gasteiger partial charge in [-0.15, -0.1) is 14.1 Å². The Morgan fingerprint density at radius 3 is 1.00 bits per heavy atom. The Morgan fingerprint density at radius 1 is 0.500 bits per heavy atom. The zero-order valence-electron chi connectivity index (χ0n) is 27.3. The smallest absolute Gasteiger partial charge is 0.315 e. The van der Waals surface area contributed by atoms with Gasteiger partial charge in [0, 0.05) is 25.7 Å². The number of carbonyl (C=O) groups is 6. The minimum absolute atomic E-state index is 0.0136. The molecule has 0 aromatic rings. The molecule has 0 aliphatic carbocycles. The molecule has 0 rings (SSSR count). The fourth-order valence-electron chi connectivity index (χ4n) is 3.57. The molecular formula is C30H46N2O12-2. The predicted molar refractivity (Wildman–Crippen MR) is 158 cm³/mol. The molecule has 0 saturated heterocycles. The maximum absolute atomic E-state index is 12.8. The van der Waals surface area contributed by atoms with E-state index in [4.69, 9.17) is 28.4 Å². The summed E-state index contributed by atoms with van der Waals surface area (Å²) in [7, 11) is 2.79. The van der Waals surface area contributed by atoms with Crippen LogP contribution >= 0.6 is 0 Å². The van der Waals surface area contributed by atoms with E-state index in [1.807, 2.05) is 0 Å². The lowest BCUT2D eigenvalue weighted by molar-refractivity contribution is -0.208. The van der Waals surface area contributed by atoms with Crippen LogP contribution in [0.3, 0.4) is 0 Å². The minimum Gasteiger partial charge on any atom is -0.681 e. The molecule has 0 radical (unpaired) electrons. The highest BCUT2D eigenvalue weighted by Gasteiger charge is 2.45. The quantitative estimate of drug-likeness (QED) is 0.114. The van der Waals surface area contributed by atoms with Crippen LogP contribution in [0.4, 0.5) is 0 Å². The molecule has 14 heteroatoms. The summed E-state index contributed by atoms with van der Waals surface area (Å²) < 4.78 is 33.0. The SMILES string of the molecule is CCC(=O)O[C@@H]([C@H](OC(=O)CC)[C@@H](COC(=O)C([N-]C)=C(C)C)OC(=O)CC)[C@@H](COC(=O)C([N-]C)=C(C)C)OC(=O)CC. The second-order valence-electron chi connectivity index (χ2n) is 9.72. The van der Waals surface area contributed by atoms with E-state index >= 15 is 0 Å². The number of hydrogen-bond donors (Lipinski definition) is 0. The van der Waals surface area contributed by atoms with E-state index in [2.05, 4.69) is 10.6 Å². The summed E-state index contributed by atoms with van der Waals surface area (Å²) in [6.07, 6.45) is -6.98. The highest BCUT2D eigenvalue weighted by molar-refractivity contribution is 5.92. The summed E-state index contributed by atoms with van der Waals surface area (Å²) in [6.45, 7) is 11.3. The van der Waals surface area contributed by atoms with Crippen LogP contribution in [0.1, 0.15) is 81.1 Å². The number of carbonyl (C=O) groups excluding carboxylic acids is 6. The number of esters is 6. The van der Waals surface area contributed by atoms with Gasteiger partial charge in [0.15, 0.2) is 24.4 Å². The van der Waals surface area contributed by atoms with Crippen LogP contribution in [0, 0.1) is 0 Å². The molecule has 0 fully saturated rings. The second kappa shape index (κ2) is 20.7. The third-order valence-electron chi connectivity index (χ3n) is 5.85. The van der Waals surface area contributed by atoms with Crippen molar-refractivity contribution < 1.29 is 57.2 Å². The number of likely N-dealkylation sites (N-methyl/N-ethyl adjacent to an activating group) is 2. The van der Waals surface area contributed by atoms with Gasteiger partial charge in [-0.3, -0.25) is 19.2 Å². The highest BCUT2D eigenvalue weighted by atomic mass is 16.6. The van der Waals surface area contributed by atoms with Gasteiger partial charge < -0.3 is 39.1 Å². The van der Waals surface area contributed by atoms with Gasteiger partial charge >= 0.3 is 35.8 Å². The van der Waals surface area contributed by atoms with E-state index in [0.29, 0.717) is 11.1 Å². The van der Waals surface area contributed by atoms with Crippen LogP contribution in [-0.4, -0.2) is 87.5 Å². The summed E-state index contributed by atoms with van der Waals surface area (Å²) >= 11 is 0. The van der Waals surface area contributed by atoms with Crippen molar-refractivity contribution in [3.8, 4) is 0 Å². The number of hydrogen-bond acceptors (Lipinski definition) is 12. The molecule has 250 valence electrons. The lowest BCUT2D eigenvalue weighted by atomic mass is 10.0. The first kappa shape index (κ1) is 39.9. The monoisotopic (exact) mass is 626 g/mol. The average Bonchev–Trinajstić information content (AvgIpc) is 2.98. The van der Waals surface area contributed by atoms with Crippen LogP contribution in [0.15, 0.2) is 22.5 Å². The van der Waals surface area contributed by atoms with Gasteiger partial charge in [-0.05, 0) is 27.7 Å². The van der Waals surface area contributed by atoms with Crippen molar-refractivity contribution in [1.29, 1.82) is 0 Å². The first-order chi connectivity index (χ1) is 20.7. The molecule has 0 heterocycles. The molecule has 14 nitrogen and oxygen atoms in total. The number of rotatable bonds is 19. The van der Waals surface area contributed by atoms with Gasteiger partial charge in [-0.2, -0.15) is 0 Å². The molecule has 0 aliphatic rings. The molecule has 0 unspecified atom stereocenters. The zero-order valence-corrected chi connectivity index (χ0v) is 27.3. The lowest BCUT2D eigenvalue weighted by Gasteiger charge is -2.36. The Kier molecular flexibility index (Phi) is 18.8. The highest BCUT2D eigenvalue weighted by Crippen LogP contribution is 2.23.